The molecule has 0 radical (unpaired) electrons. The van der Waals surface area contributed by atoms with Crippen LogP contribution in [0, 0.1) is 11.8 Å². The smallest absolute Gasteiger partial charge is 0.247 e. The number of nitrogens with one attached hydrogen (secondary N) is 2. The van der Waals surface area contributed by atoms with E-state index >= 15 is 0 Å². The van der Waals surface area contributed by atoms with Gasteiger partial charge in [-0.3, -0.25) is 19.3 Å². The molecule has 3 amide bonds. The lowest BCUT2D eigenvalue weighted by Gasteiger charge is -2.39. The van der Waals surface area contributed by atoms with Crippen LogP contribution in [0.5, 0.6) is 0 Å². The molecule has 1 aromatic carbocycles. The van der Waals surface area contributed by atoms with Gasteiger partial charge in [-0.15, -0.1) is 11.8 Å². The Kier molecular flexibility index (Phi) is 23.0. The molecule has 0 aliphatic heterocycles. The Morgan fingerprint density at radius 3 is 2.14 bits per heavy atom. The van der Waals surface area contributed by atoms with Gasteiger partial charge >= 0.3 is 0 Å². The second-order valence-electron chi connectivity index (χ2n) is 14.1. The van der Waals surface area contributed by atoms with Crippen LogP contribution in [-0.4, -0.2) is 83.5 Å². The van der Waals surface area contributed by atoms with E-state index in [0.29, 0.717) is 37.8 Å². The monoisotopic (exact) mass is 715 g/mol. The number of amides is 3. The summed E-state index contributed by atoms with van der Waals surface area (Å²) < 4.78 is 0. The number of hydrogen-bond acceptors (Lipinski definition) is 6. The number of likely N-dealkylation sites (N-methyl/N-ethyl adjacent to an activating group) is 1. The number of rotatable bonds is 25. The molecule has 0 heterocycles. The summed E-state index contributed by atoms with van der Waals surface area (Å²) in [6.07, 6.45) is 8.98. The van der Waals surface area contributed by atoms with E-state index in [2.05, 4.69) is 75.3 Å². The molecule has 5 atom stereocenters. The maximum absolute atomic E-state index is 14.4. The van der Waals surface area contributed by atoms with Crippen LogP contribution < -0.4 is 10.6 Å². The fourth-order valence-corrected chi connectivity index (χ4v) is 7.19. The van der Waals surface area contributed by atoms with Crippen LogP contribution >= 0.6 is 11.8 Å². The minimum absolute atomic E-state index is 0.00412. The molecular formula is C41H70N4O4S. The molecule has 1 aromatic rings. The first-order valence-corrected chi connectivity index (χ1v) is 20.0. The lowest BCUT2D eigenvalue weighted by atomic mass is 9.92. The van der Waals surface area contributed by atoms with Crippen LogP contribution in [0.4, 0.5) is 0 Å². The molecule has 0 aromatic heterocycles. The molecule has 0 aliphatic carbocycles. The van der Waals surface area contributed by atoms with Gasteiger partial charge in [0.2, 0.25) is 17.7 Å². The molecule has 3 N–H and O–H groups in total. The van der Waals surface area contributed by atoms with Crippen molar-refractivity contribution in [3.05, 3.63) is 57.9 Å². The predicted octanol–water partition coefficient (Wildman–Crippen LogP) is 7.72. The summed E-state index contributed by atoms with van der Waals surface area (Å²) in [6.45, 7) is 20.1. The van der Waals surface area contributed by atoms with Gasteiger partial charge in [0.05, 0.1) is 6.04 Å². The van der Waals surface area contributed by atoms with Gasteiger partial charge in [0, 0.05) is 30.8 Å². The number of aliphatic hydroxyl groups is 1. The SMILES string of the molecule is CC=C(CC[C@H](C(C)C)N(CCC)C(=O)C(NC(=O)[C@@H](CC)N(C)CCC)[C@@H](C)CC)S/C=C(\C)C(=O)N[C@H](CCCO)Cc1ccccc1. The van der Waals surface area contributed by atoms with E-state index in [4.69, 9.17) is 0 Å². The van der Waals surface area contributed by atoms with Gasteiger partial charge < -0.3 is 20.6 Å². The zero-order valence-electron chi connectivity index (χ0n) is 33.0. The second-order valence-corrected chi connectivity index (χ2v) is 15.1. The number of aliphatic hydroxyl groups excluding tert-OH is 1. The number of thioether (sulfide) groups is 1. The zero-order chi connectivity index (χ0) is 37.6. The van der Waals surface area contributed by atoms with Crippen LogP contribution in [0.15, 0.2) is 52.3 Å². The summed E-state index contributed by atoms with van der Waals surface area (Å²) in [4.78, 5) is 46.4. The summed E-state index contributed by atoms with van der Waals surface area (Å²) in [7, 11) is 1.98. The summed E-state index contributed by atoms with van der Waals surface area (Å²) in [5, 5.41) is 17.7. The standard InChI is InChI=1S/C41H70N4O4S/c1-11-25-44(10)36(15-5)40(48)43-38(31(8)13-3)41(49)45(26-12-2)37(30(6)7)24-23-35(14-4)50-29-32(9)39(47)42-34(22-19-27-46)28-33-20-17-16-18-21-33/h14,16-18,20-21,29-31,34,36-38,46H,11-13,15,19,22-28H2,1-10H3,(H,42,47)(H,43,48)/b32-29+,35-14?/t31-,34+,36+,37+,38?/m0/s1. The van der Waals surface area contributed by atoms with E-state index in [-0.39, 0.29) is 54.3 Å². The number of carbonyl (C=O) groups is 3. The maximum Gasteiger partial charge on any atom is 0.247 e. The predicted molar refractivity (Wildman–Crippen MR) is 212 cm³/mol. The first-order valence-electron chi connectivity index (χ1n) is 19.1. The van der Waals surface area contributed by atoms with Gasteiger partial charge in [-0.25, -0.2) is 0 Å². The van der Waals surface area contributed by atoms with Crippen LogP contribution in [-0.2, 0) is 20.8 Å². The average molecular weight is 715 g/mol. The number of benzene rings is 1. The Hall–Kier alpha value is -2.62. The molecule has 0 spiro atoms. The van der Waals surface area contributed by atoms with Gasteiger partial charge in [-0.05, 0) is 107 Å². The molecule has 9 heteroatoms. The first-order chi connectivity index (χ1) is 23.9. The van der Waals surface area contributed by atoms with E-state index < -0.39 is 6.04 Å². The van der Waals surface area contributed by atoms with Crippen LogP contribution in [0.3, 0.4) is 0 Å². The van der Waals surface area contributed by atoms with Gasteiger partial charge in [-0.2, -0.15) is 0 Å². The highest BCUT2D eigenvalue weighted by atomic mass is 32.2. The second kappa shape index (κ2) is 25.4. The Balaban J connectivity index is 3.08. The average Bonchev–Trinajstić information content (AvgIpc) is 3.10. The Bertz CT molecular complexity index is 1190. The molecule has 0 aliphatic rings. The van der Waals surface area contributed by atoms with Crippen molar-refractivity contribution in [1.29, 1.82) is 0 Å². The Morgan fingerprint density at radius 2 is 1.60 bits per heavy atom. The van der Waals surface area contributed by atoms with Crippen molar-refractivity contribution >= 4 is 29.5 Å². The molecule has 50 heavy (non-hydrogen) atoms. The molecule has 8 nitrogen and oxygen atoms in total. The highest BCUT2D eigenvalue weighted by molar-refractivity contribution is 8.05. The fourth-order valence-electron chi connectivity index (χ4n) is 6.39. The highest BCUT2D eigenvalue weighted by Crippen LogP contribution is 2.28. The van der Waals surface area contributed by atoms with Crippen molar-refractivity contribution in [2.45, 2.75) is 144 Å². The van der Waals surface area contributed by atoms with Crippen LogP contribution in [0.1, 0.15) is 119 Å². The zero-order valence-corrected chi connectivity index (χ0v) is 33.8. The first kappa shape index (κ1) is 45.4. The molecule has 284 valence electrons. The molecular weight excluding hydrogens is 645 g/mol. The topological polar surface area (TPSA) is 102 Å². The van der Waals surface area contributed by atoms with Gasteiger partial charge in [-0.1, -0.05) is 91.3 Å². The third-order valence-corrected chi connectivity index (χ3v) is 10.8. The Labute approximate surface area is 309 Å². The van der Waals surface area contributed by atoms with E-state index in [1.54, 1.807) is 11.8 Å². The molecule has 0 fully saturated rings. The van der Waals surface area contributed by atoms with Crippen molar-refractivity contribution < 1.29 is 19.5 Å². The Morgan fingerprint density at radius 1 is 0.940 bits per heavy atom. The van der Waals surface area contributed by atoms with Gasteiger partial charge in [0.15, 0.2) is 0 Å². The summed E-state index contributed by atoms with van der Waals surface area (Å²) in [5.74, 6) is 0.0673. The summed E-state index contributed by atoms with van der Waals surface area (Å²) in [6, 6.07) is 9.20. The van der Waals surface area contributed by atoms with Crippen molar-refractivity contribution in [3.63, 3.8) is 0 Å². The molecule has 0 saturated heterocycles. The summed E-state index contributed by atoms with van der Waals surface area (Å²) >= 11 is 1.56. The lowest BCUT2D eigenvalue weighted by Crippen LogP contribution is -2.58. The van der Waals surface area contributed by atoms with Crippen molar-refractivity contribution in [1.82, 2.24) is 20.4 Å². The molecule has 0 bridgehead atoms. The molecule has 0 saturated carbocycles. The van der Waals surface area contributed by atoms with Crippen molar-refractivity contribution in [3.8, 4) is 0 Å². The normalized spacial score (nSPS) is 15.4. The fraction of sp³-hybridized carbons (Fsp3) is 0.683. The lowest BCUT2D eigenvalue weighted by molar-refractivity contribution is -0.142. The van der Waals surface area contributed by atoms with E-state index in [1.807, 2.05) is 56.3 Å². The van der Waals surface area contributed by atoms with Crippen molar-refractivity contribution in [2.75, 3.05) is 26.7 Å². The molecule has 1 rings (SSSR count). The number of carbonyl (C=O) groups excluding carboxylic acids is 3. The minimum Gasteiger partial charge on any atom is -0.396 e. The van der Waals surface area contributed by atoms with Gasteiger partial charge in [0.25, 0.3) is 0 Å². The van der Waals surface area contributed by atoms with Crippen LogP contribution in [0.2, 0.25) is 0 Å². The minimum atomic E-state index is -0.577. The maximum atomic E-state index is 14.4. The number of allylic oxidation sites excluding steroid dienone is 2. The summed E-state index contributed by atoms with van der Waals surface area (Å²) in [5.41, 5.74) is 1.79. The van der Waals surface area contributed by atoms with Gasteiger partial charge in [0.1, 0.15) is 6.04 Å². The quantitative estimate of drug-likeness (QED) is 0.0897. The van der Waals surface area contributed by atoms with Crippen molar-refractivity contribution in [2.24, 2.45) is 11.8 Å². The van der Waals surface area contributed by atoms with Crippen LogP contribution in [0.25, 0.3) is 0 Å². The third-order valence-electron chi connectivity index (χ3n) is 9.62. The highest BCUT2D eigenvalue weighted by Gasteiger charge is 2.35. The number of hydrogen-bond donors (Lipinski definition) is 3. The number of nitrogens with zero attached hydrogens (tertiary/aromatic N) is 2. The third kappa shape index (κ3) is 15.7. The van der Waals surface area contributed by atoms with E-state index in [9.17, 15) is 19.5 Å². The van der Waals surface area contributed by atoms with E-state index in [0.717, 1.165) is 49.1 Å². The molecule has 1 unspecified atom stereocenters. The largest absolute Gasteiger partial charge is 0.396 e. The van der Waals surface area contributed by atoms with E-state index in [1.165, 1.54) is 0 Å².